The van der Waals surface area contributed by atoms with Crippen LogP contribution in [0.15, 0.2) is 24.5 Å². The Hall–Kier alpha value is -2.37. The third kappa shape index (κ3) is 2.74. The Morgan fingerprint density at radius 3 is 2.86 bits per heavy atom. The Morgan fingerprint density at radius 1 is 1.33 bits per heavy atom. The van der Waals surface area contributed by atoms with Crippen LogP contribution in [-0.4, -0.2) is 47.5 Å². The fraction of sp³-hybridized carbons (Fsp3) is 0.400. The van der Waals surface area contributed by atoms with Gasteiger partial charge in [-0.1, -0.05) is 0 Å². The molecule has 2 heterocycles. The molecule has 6 nitrogen and oxygen atoms in total. The van der Waals surface area contributed by atoms with Gasteiger partial charge in [0, 0.05) is 31.2 Å². The van der Waals surface area contributed by atoms with E-state index in [4.69, 9.17) is 5.73 Å². The first-order chi connectivity index (χ1) is 10.1. The molecule has 1 amide bonds. The predicted octanol–water partition coefficient (Wildman–Crippen LogP) is 1.27. The average molecular weight is 285 g/mol. The molecule has 0 atom stereocenters. The smallest absolute Gasteiger partial charge is 0.242 e. The van der Waals surface area contributed by atoms with E-state index < -0.39 is 0 Å². The number of amides is 1. The van der Waals surface area contributed by atoms with Crippen LogP contribution in [0.1, 0.15) is 12.8 Å². The number of nitrogens with zero attached hydrogens (tertiary/aromatic N) is 4. The van der Waals surface area contributed by atoms with E-state index in [1.54, 1.807) is 0 Å². The first-order valence-corrected chi connectivity index (χ1v) is 7.14. The minimum Gasteiger partial charge on any atom is -0.399 e. The normalized spacial score (nSPS) is 14.6. The zero-order valence-corrected chi connectivity index (χ0v) is 12.1. The Morgan fingerprint density at radius 2 is 2.10 bits per heavy atom. The lowest BCUT2D eigenvalue weighted by Crippen LogP contribution is -2.37. The van der Waals surface area contributed by atoms with Crippen LogP contribution >= 0.6 is 0 Å². The van der Waals surface area contributed by atoms with Crippen molar-refractivity contribution < 1.29 is 4.79 Å². The molecule has 2 N–H and O–H groups in total. The molecule has 21 heavy (non-hydrogen) atoms. The molecule has 0 unspecified atom stereocenters. The molecular weight excluding hydrogens is 266 g/mol. The third-order valence-electron chi connectivity index (χ3n) is 3.83. The van der Waals surface area contributed by atoms with Crippen LogP contribution in [0, 0.1) is 0 Å². The van der Waals surface area contributed by atoms with E-state index >= 15 is 0 Å². The van der Waals surface area contributed by atoms with Gasteiger partial charge < -0.3 is 15.5 Å². The van der Waals surface area contributed by atoms with E-state index in [9.17, 15) is 4.79 Å². The number of carbonyl (C=O) groups excluding carboxylic acids is 1. The number of likely N-dealkylation sites (tertiary alicyclic amines) is 1. The summed E-state index contributed by atoms with van der Waals surface area (Å²) in [7, 11) is 1.87. The van der Waals surface area contributed by atoms with Gasteiger partial charge in [0.15, 0.2) is 0 Å². The lowest BCUT2D eigenvalue weighted by Gasteiger charge is -2.22. The number of likely N-dealkylation sites (N-methyl/N-ethyl adjacent to an activating group) is 1. The zero-order valence-electron chi connectivity index (χ0n) is 12.1. The minimum atomic E-state index is 0.144. The molecule has 0 saturated carbocycles. The molecule has 1 aromatic carbocycles. The van der Waals surface area contributed by atoms with Crippen LogP contribution in [0.3, 0.4) is 0 Å². The molecule has 0 spiro atoms. The van der Waals surface area contributed by atoms with Crippen molar-refractivity contribution >= 4 is 28.3 Å². The molecule has 0 bridgehead atoms. The molecule has 1 fully saturated rings. The van der Waals surface area contributed by atoms with Crippen LogP contribution in [0.25, 0.3) is 10.9 Å². The van der Waals surface area contributed by atoms with Gasteiger partial charge in [-0.15, -0.1) is 0 Å². The van der Waals surface area contributed by atoms with Crippen molar-refractivity contribution in [2.45, 2.75) is 12.8 Å². The second kappa shape index (κ2) is 5.55. The quantitative estimate of drug-likeness (QED) is 0.860. The van der Waals surface area contributed by atoms with Gasteiger partial charge in [0.25, 0.3) is 0 Å². The van der Waals surface area contributed by atoms with Crippen molar-refractivity contribution in [2.75, 3.05) is 37.3 Å². The standard InChI is InChI=1S/C15H19N5O/c1-19(9-14(21)20-6-2-3-7-20)15-12-8-11(16)4-5-13(12)17-10-18-15/h4-5,8,10H,2-3,6-7,9,16H2,1H3. The van der Waals surface area contributed by atoms with Crippen molar-refractivity contribution in [3.63, 3.8) is 0 Å². The number of benzene rings is 1. The second-order valence-corrected chi connectivity index (χ2v) is 5.42. The van der Waals surface area contributed by atoms with E-state index in [0.29, 0.717) is 12.2 Å². The second-order valence-electron chi connectivity index (χ2n) is 5.42. The van der Waals surface area contributed by atoms with E-state index in [1.165, 1.54) is 6.33 Å². The van der Waals surface area contributed by atoms with Crippen molar-refractivity contribution in [1.82, 2.24) is 14.9 Å². The molecular formula is C15H19N5O. The highest BCUT2D eigenvalue weighted by atomic mass is 16.2. The summed E-state index contributed by atoms with van der Waals surface area (Å²) < 4.78 is 0. The van der Waals surface area contributed by atoms with E-state index in [0.717, 1.165) is 42.7 Å². The molecule has 0 radical (unpaired) electrons. The van der Waals surface area contributed by atoms with Gasteiger partial charge in [0.05, 0.1) is 12.1 Å². The lowest BCUT2D eigenvalue weighted by atomic mass is 10.2. The van der Waals surface area contributed by atoms with E-state index in [1.807, 2.05) is 35.0 Å². The Kier molecular flexibility index (Phi) is 3.60. The van der Waals surface area contributed by atoms with Crippen molar-refractivity contribution in [2.24, 2.45) is 0 Å². The summed E-state index contributed by atoms with van der Waals surface area (Å²) in [4.78, 5) is 24.6. The van der Waals surface area contributed by atoms with Gasteiger partial charge in [0.2, 0.25) is 5.91 Å². The van der Waals surface area contributed by atoms with Gasteiger partial charge in [-0.05, 0) is 31.0 Å². The predicted molar refractivity (Wildman–Crippen MR) is 83.0 cm³/mol. The van der Waals surface area contributed by atoms with Crippen LogP contribution in [-0.2, 0) is 4.79 Å². The Balaban J connectivity index is 1.85. The summed E-state index contributed by atoms with van der Waals surface area (Å²) in [5.74, 6) is 0.880. The van der Waals surface area contributed by atoms with Crippen molar-refractivity contribution in [3.05, 3.63) is 24.5 Å². The molecule has 1 aliphatic heterocycles. The summed E-state index contributed by atoms with van der Waals surface area (Å²) >= 11 is 0. The molecule has 3 rings (SSSR count). The van der Waals surface area contributed by atoms with Crippen LogP contribution in [0.5, 0.6) is 0 Å². The largest absolute Gasteiger partial charge is 0.399 e. The molecule has 2 aromatic rings. The highest BCUT2D eigenvalue weighted by Gasteiger charge is 2.20. The SMILES string of the molecule is CN(CC(=O)N1CCCC1)c1ncnc2ccc(N)cc12. The summed E-state index contributed by atoms with van der Waals surface area (Å²) in [6, 6.07) is 5.53. The number of anilines is 2. The number of rotatable bonds is 3. The first-order valence-electron chi connectivity index (χ1n) is 7.14. The maximum Gasteiger partial charge on any atom is 0.242 e. The number of carbonyl (C=O) groups is 1. The molecule has 6 heteroatoms. The molecule has 1 saturated heterocycles. The Bertz CT molecular complexity index is 666. The van der Waals surface area contributed by atoms with Crippen LogP contribution < -0.4 is 10.6 Å². The summed E-state index contributed by atoms with van der Waals surface area (Å²) in [5.41, 5.74) is 7.34. The Labute approximate surface area is 123 Å². The van der Waals surface area contributed by atoms with Crippen molar-refractivity contribution in [1.29, 1.82) is 0 Å². The summed E-state index contributed by atoms with van der Waals surface area (Å²) in [6.07, 6.45) is 3.72. The number of hydrogen-bond acceptors (Lipinski definition) is 5. The van der Waals surface area contributed by atoms with Crippen LogP contribution in [0.4, 0.5) is 11.5 Å². The molecule has 1 aliphatic rings. The summed E-state index contributed by atoms with van der Waals surface area (Å²) in [5, 5.41) is 0.870. The highest BCUT2D eigenvalue weighted by molar-refractivity contribution is 5.93. The van der Waals surface area contributed by atoms with Gasteiger partial charge in [-0.3, -0.25) is 4.79 Å². The van der Waals surface area contributed by atoms with Gasteiger partial charge >= 0.3 is 0 Å². The fourth-order valence-corrected chi connectivity index (χ4v) is 2.71. The zero-order chi connectivity index (χ0) is 14.8. The van der Waals surface area contributed by atoms with Gasteiger partial charge in [0.1, 0.15) is 12.1 Å². The van der Waals surface area contributed by atoms with E-state index in [-0.39, 0.29) is 5.91 Å². The number of aromatic nitrogens is 2. The topological polar surface area (TPSA) is 75.4 Å². The van der Waals surface area contributed by atoms with Crippen LogP contribution in [0.2, 0.25) is 0 Å². The first kappa shape index (κ1) is 13.6. The monoisotopic (exact) mass is 285 g/mol. The number of nitrogens with two attached hydrogens (primary N) is 1. The molecule has 110 valence electrons. The van der Waals surface area contributed by atoms with Gasteiger partial charge in [-0.25, -0.2) is 9.97 Å². The number of fused-ring (bicyclic) bond motifs is 1. The molecule has 0 aliphatic carbocycles. The minimum absolute atomic E-state index is 0.144. The van der Waals surface area contributed by atoms with E-state index in [2.05, 4.69) is 9.97 Å². The fourth-order valence-electron chi connectivity index (χ4n) is 2.71. The number of hydrogen-bond donors (Lipinski definition) is 1. The highest BCUT2D eigenvalue weighted by Crippen LogP contribution is 2.24. The summed E-state index contributed by atoms with van der Waals surface area (Å²) in [6.45, 7) is 2.05. The maximum atomic E-state index is 12.2. The van der Waals surface area contributed by atoms with Crippen molar-refractivity contribution in [3.8, 4) is 0 Å². The maximum absolute atomic E-state index is 12.2. The molecule has 1 aromatic heterocycles. The third-order valence-corrected chi connectivity index (χ3v) is 3.83. The lowest BCUT2D eigenvalue weighted by molar-refractivity contribution is -0.128. The average Bonchev–Trinajstić information content (AvgIpc) is 3.00. The van der Waals surface area contributed by atoms with Gasteiger partial charge in [-0.2, -0.15) is 0 Å². The number of nitrogen functional groups attached to an aromatic ring is 1.